The van der Waals surface area contributed by atoms with Crippen LogP contribution in [-0.4, -0.2) is 53.4 Å². The van der Waals surface area contributed by atoms with Crippen LogP contribution < -0.4 is 11.1 Å². The van der Waals surface area contributed by atoms with Crippen molar-refractivity contribution < 1.29 is 9.59 Å². The number of likely N-dealkylation sites (tertiary alicyclic amines) is 1. The maximum absolute atomic E-state index is 11.8. The van der Waals surface area contributed by atoms with Crippen molar-refractivity contribution >= 4 is 23.6 Å². The summed E-state index contributed by atoms with van der Waals surface area (Å²) in [6.45, 7) is 0.657. The Bertz CT molecular complexity index is 333. The third-order valence-electron chi connectivity index (χ3n) is 3.46. The zero-order valence-corrected chi connectivity index (χ0v) is 11.5. The number of amides is 2. The summed E-state index contributed by atoms with van der Waals surface area (Å²) in [5, 5.41) is 2.89. The van der Waals surface area contributed by atoms with E-state index in [1.54, 1.807) is 11.8 Å². The van der Waals surface area contributed by atoms with E-state index in [2.05, 4.69) is 5.32 Å². The Morgan fingerprint density at radius 3 is 2.94 bits per heavy atom. The van der Waals surface area contributed by atoms with Crippen molar-refractivity contribution in [2.24, 2.45) is 5.73 Å². The van der Waals surface area contributed by atoms with Gasteiger partial charge in [0.1, 0.15) is 0 Å². The van der Waals surface area contributed by atoms with E-state index >= 15 is 0 Å². The van der Waals surface area contributed by atoms with E-state index in [9.17, 15) is 9.59 Å². The Kier molecular flexibility index (Phi) is 4.50. The van der Waals surface area contributed by atoms with E-state index in [1.165, 1.54) is 0 Å². The molecule has 1 unspecified atom stereocenters. The van der Waals surface area contributed by atoms with Gasteiger partial charge in [0.25, 0.3) is 0 Å². The fourth-order valence-electron chi connectivity index (χ4n) is 2.25. The van der Waals surface area contributed by atoms with Crippen molar-refractivity contribution in [3.8, 4) is 0 Å². The highest BCUT2D eigenvalue weighted by atomic mass is 32.2. The smallest absolute Gasteiger partial charge is 0.237 e. The van der Waals surface area contributed by atoms with Crippen LogP contribution in [0.2, 0.25) is 0 Å². The number of hydrogen-bond acceptors (Lipinski definition) is 4. The Morgan fingerprint density at radius 2 is 2.33 bits per heavy atom. The van der Waals surface area contributed by atoms with Gasteiger partial charge in [-0.05, 0) is 31.3 Å². The van der Waals surface area contributed by atoms with Gasteiger partial charge in [-0.2, -0.15) is 11.8 Å². The average Bonchev–Trinajstić information content (AvgIpc) is 3.11. The lowest BCUT2D eigenvalue weighted by molar-refractivity contribution is -0.128. The molecule has 3 N–H and O–H groups in total. The van der Waals surface area contributed by atoms with Crippen LogP contribution in [0.5, 0.6) is 0 Å². The molecule has 1 heterocycles. The SMILES string of the molecule is CSCC[C@H](N)C(=O)NC1CC(=O)N(C2CC2)C1. The fraction of sp³-hybridized carbons (Fsp3) is 0.833. The highest BCUT2D eigenvalue weighted by Crippen LogP contribution is 2.30. The van der Waals surface area contributed by atoms with Gasteiger partial charge >= 0.3 is 0 Å². The van der Waals surface area contributed by atoms with Gasteiger partial charge in [0, 0.05) is 19.0 Å². The molecule has 5 nitrogen and oxygen atoms in total. The maximum Gasteiger partial charge on any atom is 0.237 e. The predicted molar refractivity (Wildman–Crippen MR) is 72.3 cm³/mol. The lowest BCUT2D eigenvalue weighted by Gasteiger charge is -2.18. The minimum atomic E-state index is -0.456. The van der Waals surface area contributed by atoms with Crippen LogP contribution in [0, 0.1) is 0 Å². The van der Waals surface area contributed by atoms with Crippen molar-refractivity contribution in [2.45, 2.75) is 43.8 Å². The number of nitrogens with two attached hydrogens (primary N) is 1. The molecule has 2 rings (SSSR count). The Balaban J connectivity index is 1.76. The Hall–Kier alpha value is -0.750. The summed E-state index contributed by atoms with van der Waals surface area (Å²) in [5.41, 5.74) is 5.80. The second-order valence-corrected chi connectivity index (χ2v) is 6.06. The standard InChI is InChI=1S/C12H21N3O2S/c1-18-5-4-10(13)12(17)14-8-6-11(16)15(7-8)9-2-3-9/h8-10H,2-7,13H2,1H3,(H,14,17)/t8?,10-/m0/s1. The van der Waals surface area contributed by atoms with Crippen molar-refractivity contribution in [3.05, 3.63) is 0 Å². The first kappa shape index (κ1) is 13.7. The Labute approximate surface area is 112 Å². The van der Waals surface area contributed by atoms with E-state index < -0.39 is 6.04 Å². The van der Waals surface area contributed by atoms with Crippen molar-refractivity contribution in [3.63, 3.8) is 0 Å². The average molecular weight is 271 g/mol. The first-order chi connectivity index (χ1) is 8.61. The highest BCUT2D eigenvalue weighted by Gasteiger charge is 2.39. The quantitative estimate of drug-likeness (QED) is 0.710. The van der Waals surface area contributed by atoms with E-state index in [0.717, 1.165) is 18.6 Å². The van der Waals surface area contributed by atoms with Crippen LogP contribution in [0.15, 0.2) is 0 Å². The number of thioether (sulfide) groups is 1. The molecular weight excluding hydrogens is 250 g/mol. The molecule has 1 aliphatic heterocycles. The molecule has 6 heteroatoms. The van der Waals surface area contributed by atoms with Crippen LogP contribution in [0.1, 0.15) is 25.7 Å². The monoisotopic (exact) mass is 271 g/mol. The fourth-order valence-corrected chi connectivity index (χ4v) is 2.74. The normalized spacial score (nSPS) is 25.3. The number of hydrogen-bond donors (Lipinski definition) is 2. The zero-order valence-electron chi connectivity index (χ0n) is 10.7. The molecule has 0 radical (unpaired) electrons. The van der Waals surface area contributed by atoms with Crippen molar-refractivity contribution in [1.82, 2.24) is 10.2 Å². The molecule has 1 aliphatic carbocycles. The third kappa shape index (κ3) is 3.38. The van der Waals surface area contributed by atoms with Gasteiger partial charge in [0.15, 0.2) is 0 Å². The molecule has 0 bridgehead atoms. The summed E-state index contributed by atoms with van der Waals surface area (Å²) in [6, 6.07) is -0.0713. The van der Waals surface area contributed by atoms with Crippen molar-refractivity contribution in [2.75, 3.05) is 18.6 Å². The van der Waals surface area contributed by atoms with Crippen LogP contribution >= 0.6 is 11.8 Å². The van der Waals surface area contributed by atoms with E-state index in [1.807, 2.05) is 11.2 Å². The molecule has 2 amide bonds. The minimum Gasteiger partial charge on any atom is -0.350 e. The second kappa shape index (κ2) is 5.93. The van der Waals surface area contributed by atoms with Crippen LogP contribution in [0.3, 0.4) is 0 Å². The molecule has 0 aromatic carbocycles. The molecule has 2 atom stereocenters. The number of carbonyl (C=O) groups is 2. The van der Waals surface area contributed by atoms with Gasteiger partial charge in [0.05, 0.1) is 12.1 Å². The molecule has 0 aromatic heterocycles. The summed E-state index contributed by atoms with van der Waals surface area (Å²) in [5.74, 6) is 0.923. The number of carbonyl (C=O) groups excluding carboxylic acids is 2. The van der Waals surface area contributed by atoms with E-state index in [-0.39, 0.29) is 17.9 Å². The second-order valence-electron chi connectivity index (χ2n) is 5.07. The van der Waals surface area contributed by atoms with Gasteiger partial charge in [-0.15, -0.1) is 0 Å². The van der Waals surface area contributed by atoms with Gasteiger partial charge < -0.3 is 16.0 Å². The lowest BCUT2D eigenvalue weighted by Crippen LogP contribution is -2.46. The van der Waals surface area contributed by atoms with Crippen LogP contribution in [0.4, 0.5) is 0 Å². The molecule has 1 saturated carbocycles. The summed E-state index contributed by atoms with van der Waals surface area (Å²) in [7, 11) is 0. The maximum atomic E-state index is 11.8. The first-order valence-corrected chi connectivity index (χ1v) is 7.85. The predicted octanol–water partition coefficient (Wildman–Crippen LogP) is -0.0537. The molecule has 102 valence electrons. The third-order valence-corrected chi connectivity index (χ3v) is 4.11. The summed E-state index contributed by atoms with van der Waals surface area (Å²) in [6.07, 6.45) is 5.32. The highest BCUT2D eigenvalue weighted by molar-refractivity contribution is 7.98. The van der Waals surface area contributed by atoms with Gasteiger partial charge in [-0.25, -0.2) is 0 Å². The van der Waals surface area contributed by atoms with Crippen LogP contribution in [0.25, 0.3) is 0 Å². The van der Waals surface area contributed by atoms with Crippen molar-refractivity contribution in [1.29, 1.82) is 0 Å². The van der Waals surface area contributed by atoms with Gasteiger partial charge in [-0.1, -0.05) is 0 Å². The largest absolute Gasteiger partial charge is 0.350 e. The molecular formula is C12H21N3O2S. The lowest BCUT2D eigenvalue weighted by atomic mass is 10.2. The number of rotatable bonds is 6. The first-order valence-electron chi connectivity index (χ1n) is 6.46. The van der Waals surface area contributed by atoms with Gasteiger partial charge in [-0.3, -0.25) is 9.59 Å². The zero-order chi connectivity index (χ0) is 13.1. The van der Waals surface area contributed by atoms with E-state index in [4.69, 9.17) is 5.73 Å². The number of nitrogens with one attached hydrogen (secondary N) is 1. The molecule has 0 aromatic rings. The topological polar surface area (TPSA) is 75.4 Å². The summed E-state index contributed by atoms with van der Waals surface area (Å²) >= 11 is 1.68. The van der Waals surface area contributed by atoms with Crippen LogP contribution in [-0.2, 0) is 9.59 Å². The summed E-state index contributed by atoms with van der Waals surface area (Å²) in [4.78, 5) is 25.5. The van der Waals surface area contributed by atoms with Gasteiger partial charge in [0.2, 0.25) is 11.8 Å². The number of nitrogens with zero attached hydrogens (tertiary/aromatic N) is 1. The molecule has 1 saturated heterocycles. The molecule has 18 heavy (non-hydrogen) atoms. The minimum absolute atomic E-state index is 0.0501. The summed E-state index contributed by atoms with van der Waals surface area (Å²) < 4.78 is 0. The molecule has 2 aliphatic rings. The Morgan fingerprint density at radius 1 is 1.61 bits per heavy atom. The molecule has 2 fully saturated rings. The van der Waals surface area contributed by atoms with E-state index in [0.29, 0.717) is 25.4 Å². The molecule has 0 spiro atoms.